The van der Waals surface area contributed by atoms with E-state index in [1.54, 1.807) is 0 Å². The molecular weight excluding hydrogens is 230 g/mol. The van der Waals surface area contributed by atoms with Crippen molar-refractivity contribution in [3.05, 3.63) is 0 Å². The van der Waals surface area contributed by atoms with Crippen molar-refractivity contribution in [1.82, 2.24) is 0 Å². The van der Waals surface area contributed by atoms with Gasteiger partial charge in [0, 0.05) is 6.04 Å². The Labute approximate surface area is 120 Å². The lowest BCUT2D eigenvalue weighted by Crippen LogP contribution is -2.47. The van der Waals surface area contributed by atoms with Gasteiger partial charge in [0.25, 0.3) is 0 Å². The first kappa shape index (κ1) is 15.4. The molecule has 5 atom stereocenters. The summed E-state index contributed by atoms with van der Waals surface area (Å²) in [4.78, 5) is 0. The van der Waals surface area contributed by atoms with E-state index < -0.39 is 0 Å². The first-order chi connectivity index (χ1) is 8.95. The molecule has 2 aliphatic carbocycles. The van der Waals surface area contributed by atoms with Crippen LogP contribution in [0.25, 0.3) is 0 Å². The fourth-order valence-corrected chi connectivity index (χ4v) is 4.99. The van der Waals surface area contributed by atoms with E-state index in [2.05, 4.69) is 27.7 Å². The molecule has 2 N–H and O–H groups in total. The van der Waals surface area contributed by atoms with Crippen molar-refractivity contribution >= 4 is 0 Å². The van der Waals surface area contributed by atoms with E-state index in [1.807, 2.05) is 0 Å². The maximum absolute atomic E-state index is 6.53. The van der Waals surface area contributed by atoms with Gasteiger partial charge >= 0.3 is 0 Å². The molecule has 0 radical (unpaired) electrons. The SMILES string of the molecule is CCC1CCCC(C(C)(C)C2CCC(C)CC2N)C1. The molecule has 2 aliphatic rings. The summed E-state index contributed by atoms with van der Waals surface area (Å²) in [6, 6.07) is 0.445. The molecule has 112 valence electrons. The normalized spacial score (nSPS) is 41.2. The Balaban J connectivity index is 2.03. The molecule has 0 amide bonds. The molecule has 0 spiro atoms. The van der Waals surface area contributed by atoms with Crippen LogP contribution in [0.4, 0.5) is 0 Å². The molecule has 0 aromatic carbocycles. The molecular formula is C18H35N. The standard InChI is InChI=1S/C18H35N/c1-5-14-7-6-8-15(12-14)18(3,4)16-10-9-13(2)11-17(16)19/h13-17H,5-12,19H2,1-4H3. The average Bonchev–Trinajstić information content (AvgIpc) is 2.38. The molecule has 0 bridgehead atoms. The lowest BCUT2D eigenvalue weighted by molar-refractivity contribution is 0.0236. The number of hydrogen-bond donors (Lipinski definition) is 1. The van der Waals surface area contributed by atoms with Crippen LogP contribution in [-0.4, -0.2) is 6.04 Å². The second-order valence-corrected chi connectivity index (χ2v) is 8.15. The van der Waals surface area contributed by atoms with Crippen LogP contribution < -0.4 is 5.73 Å². The van der Waals surface area contributed by atoms with E-state index in [9.17, 15) is 0 Å². The quantitative estimate of drug-likeness (QED) is 0.764. The zero-order chi connectivity index (χ0) is 14.0. The van der Waals surface area contributed by atoms with E-state index in [0.717, 1.165) is 23.7 Å². The highest BCUT2D eigenvalue weighted by Crippen LogP contribution is 2.49. The molecule has 0 heterocycles. The summed E-state index contributed by atoms with van der Waals surface area (Å²) < 4.78 is 0. The van der Waals surface area contributed by atoms with Crippen molar-refractivity contribution in [2.24, 2.45) is 34.8 Å². The van der Waals surface area contributed by atoms with E-state index >= 15 is 0 Å². The average molecular weight is 265 g/mol. The fraction of sp³-hybridized carbons (Fsp3) is 1.00. The molecule has 0 aromatic heterocycles. The van der Waals surface area contributed by atoms with Crippen molar-refractivity contribution in [1.29, 1.82) is 0 Å². The van der Waals surface area contributed by atoms with Crippen molar-refractivity contribution in [2.75, 3.05) is 0 Å². The number of hydrogen-bond acceptors (Lipinski definition) is 1. The summed E-state index contributed by atoms with van der Waals surface area (Å²) in [6.07, 6.45) is 11.2. The smallest absolute Gasteiger partial charge is 0.00749 e. The predicted molar refractivity (Wildman–Crippen MR) is 84.0 cm³/mol. The Morgan fingerprint density at radius 1 is 1.05 bits per heavy atom. The van der Waals surface area contributed by atoms with Gasteiger partial charge in [0.05, 0.1) is 0 Å². The third kappa shape index (κ3) is 3.35. The zero-order valence-corrected chi connectivity index (χ0v) is 13.6. The molecule has 2 fully saturated rings. The van der Waals surface area contributed by atoms with E-state index in [1.165, 1.54) is 51.4 Å². The summed E-state index contributed by atoms with van der Waals surface area (Å²) in [5.74, 6) is 3.49. The van der Waals surface area contributed by atoms with Gasteiger partial charge in [-0.2, -0.15) is 0 Å². The third-order valence-corrected chi connectivity index (χ3v) is 6.53. The van der Waals surface area contributed by atoms with Gasteiger partial charge in [0.2, 0.25) is 0 Å². The highest BCUT2D eigenvalue weighted by Gasteiger charge is 2.43. The number of rotatable bonds is 3. The van der Waals surface area contributed by atoms with Gasteiger partial charge in [-0.3, -0.25) is 0 Å². The molecule has 19 heavy (non-hydrogen) atoms. The Morgan fingerprint density at radius 2 is 1.79 bits per heavy atom. The van der Waals surface area contributed by atoms with Gasteiger partial charge in [-0.25, -0.2) is 0 Å². The van der Waals surface area contributed by atoms with Gasteiger partial charge in [0.1, 0.15) is 0 Å². The minimum Gasteiger partial charge on any atom is -0.327 e. The summed E-state index contributed by atoms with van der Waals surface area (Å²) in [5, 5.41) is 0. The van der Waals surface area contributed by atoms with Crippen LogP contribution in [0.1, 0.15) is 79.1 Å². The van der Waals surface area contributed by atoms with Crippen LogP contribution in [0.2, 0.25) is 0 Å². The van der Waals surface area contributed by atoms with Crippen LogP contribution >= 0.6 is 0 Å². The van der Waals surface area contributed by atoms with E-state index in [4.69, 9.17) is 5.73 Å². The second-order valence-electron chi connectivity index (χ2n) is 8.15. The second kappa shape index (κ2) is 6.16. The fourth-order valence-electron chi connectivity index (χ4n) is 4.99. The predicted octanol–water partition coefficient (Wildman–Crippen LogP) is 4.99. The zero-order valence-electron chi connectivity index (χ0n) is 13.6. The van der Waals surface area contributed by atoms with Gasteiger partial charge in [0.15, 0.2) is 0 Å². The Morgan fingerprint density at radius 3 is 2.42 bits per heavy atom. The van der Waals surface area contributed by atoms with Crippen LogP contribution in [0, 0.1) is 29.1 Å². The molecule has 2 rings (SSSR count). The summed E-state index contributed by atoms with van der Waals surface area (Å²) in [5.41, 5.74) is 6.98. The first-order valence-corrected chi connectivity index (χ1v) is 8.70. The van der Waals surface area contributed by atoms with Crippen molar-refractivity contribution in [3.63, 3.8) is 0 Å². The van der Waals surface area contributed by atoms with Crippen LogP contribution in [0.5, 0.6) is 0 Å². The maximum Gasteiger partial charge on any atom is 0.00749 e. The van der Waals surface area contributed by atoms with Gasteiger partial charge < -0.3 is 5.73 Å². The summed E-state index contributed by atoms with van der Waals surface area (Å²) in [6.45, 7) is 9.79. The minimum atomic E-state index is 0.445. The molecule has 0 aliphatic heterocycles. The van der Waals surface area contributed by atoms with Crippen LogP contribution in [-0.2, 0) is 0 Å². The summed E-state index contributed by atoms with van der Waals surface area (Å²) >= 11 is 0. The molecule has 2 saturated carbocycles. The van der Waals surface area contributed by atoms with Gasteiger partial charge in [-0.1, -0.05) is 53.4 Å². The lowest BCUT2D eigenvalue weighted by atomic mass is 9.57. The Hall–Kier alpha value is -0.0400. The highest BCUT2D eigenvalue weighted by atomic mass is 14.7. The van der Waals surface area contributed by atoms with Gasteiger partial charge in [-0.05, 0) is 54.8 Å². The third-order valence-electron chi connectivity index (χ3n) is 6.53. The minimum absolute atomic E-state index is 0.445. The van der Waals surface area contributed by atoms with Gasteiger partial charge in [-0.15, -0.1) is 0 Å². The molecule has 1 nitrogen and oxygen atoms in total. The Bertz CT molecular complexity index is 283. The number of nitrogens with two attached hydrogens (primary N) is 1. The summed E-state index contributed by atoms with van der Waals surface area (Å²) in [7, 11) is 0. The van der Waals surface area contributed by atoms with Crippen molar-refractivity contribution < 1.29 is 0 Å². The van der Waals surface area contributed by atoms with E-state index in [0.29, 0.717) is 11.5 Å². The largest absolute Gasteiger partial charge is 0.327 e. The molecule has 5 unspecified atom stereocenters. The topological polar surface area (TPSA) is 26.0 Å². The maximum atomic E-state index is 6.53. The molecule has 0 aromatic rings. The molecule has 1 heteroatoms. The lowest BCUT2D eigenvalue weighted by Gasteiger charge is -2.49. The van der Waals surface area contributed by atoms with E-state index in [-0.39, 0.29) is 0 Å². The van der Waals surface area contributed by atoms with Crippen LogP contribution in [0.3, 0.4) is 0 Å². The van der Waals surface area contributed by atoms with Crippen molar-refractivity contribution in [2.45, 2.75) is 85.1 Å². The Kier molecular flexibility index (Phi) is 4.98. The van der Waals surface area contributed by atoms with Crippen molar-refractivity contribution in [3.8, 4) is 0 Å². The highest BCUT2D eigenvalue weighted by molar-refractivity contribution is 4.95. The first-order valence-electron chi connectivity index (χ1n) is 8.70. The monoisotopic (exact) mass is 265 g/mol. The van der Waals surface area contributed by atoms with Crippen LogP contribution in [0.15, 0.2) is 0 Å². The molecule has 0 saturated heterocycles.